The van der Waals surface area contributed by atoms with Gasteiger partial charge in [-0.15, -0.1) is 24.8 Å². The molecule has 7 heteroatoms. The van der Waals surface area contributed by atoms with E-state index in [4.69, 9.17) is 4.98 Å². The van der Waals surface area contributed by atoms with Crippen LogP contribution in [-0.4, -0.2) is 39.9 Å². The molecule has 0 spiro atoms. The van der Waals surface area contributed by atoms with Crippen LogP contribution in [0.5, 0.6) is 0 Å². The fourth-order valence-corrected chi connectivity index (χ4v) is 4.61. The molecule has 0 saturated carbocycles. The zero-order valence-electron chi connectivity index (χ0n) is 17.1. The van der Waals surface area contributed by atoms with Gasteiger partial charge in [0.1, 0.15) is 5.82 Å². The van der Waals surface area contributed by atoms with Crippen molar-refractivity contribution in [3.05, 3.63) is 65.0 Å². The number of imidazole rings is 1. The van der Waals surface area contributed by atoms with Crippen LogP contribution in [-0.2, 0) is 17.8 Å². The van der Waals surface area contributed by atoms with Crippen molar-refractivity contribution in [1.29, 1.82) is 0 Å². The lowest BCUT2D eigenvalue weighted by atomic mass is 9.93. The average Bonchev–Trinajstić information content (AvgIpc) is 3.19. The number of hydrogen-bond donors (Lipinski definition) is 2. The predicted molar refractivity (Wildman–Crippen MR) is 125 cm³/mol. The molecule has 2 N–H and O–H groups in total. The summed E-state index contributed by atoms with van der Waals surface area (Å²) in [5.74, 6) is 1.71. The summed E-state index contributed by atoms with van der Waals surface area (Å²) in [6.45, 7) is 4.49. The highest BCUT2D eigenvalue weighted by Crippen LogP contribution is 2.29. The third kappa shape index (κ3) is 4.20. The number of piperidine rings is 1. The Labute approximate surface area is 189 Å². The standard InChI is InChI=1S/C23H26N4O.2ClH/c1-15-5-4-8-19-21(15)26-22(25-19)16-9-11-27(12-10-16)23(28)20-13-17-6-2-3-7-18(17)14-24-20;;/h2-8,16,20,24H,9-14H2,1H3,(H,25,26);2*1H/t20-;;/m1../s1. The molecule has 1 fully saturated rings. The van der Waals surface area contributed by atoms with Crippen molar-refractivity contribution in [2.75, 3.05) is 13.1 Å². The highest BCUT2D eigenvalue weighted by molar-refractivity contribution is 5.85. The summed E-state index contributed by atoms with van der Waals surface area (Å²) in [5.41, 5.74) is 5.99. The molecule has 0 bridgehead atoms. The van der Waals surface area contributed by atoms with Crippen molar-refractivity contribution >= 4 is 41.8 Å². The van der Waals surface area contributed by atoms with Crippen LogP contribution in [0.1, 0.15) is 41.3 Å². The first-order valence-corrected chi connectivity index (χ1v) is 10.2. The van der Waals surface area contributed by atoms with E-state index in [1.54, 1.807) is 0 Å². The maximum Gasteiger partial charge on any atom is 0.240 e. The van der Waals surface area contributed by atoms with Crippen LogP contribution in [0.3, 0.4) is 0 Å². The second-order valence-electron chi connectivity index (χ2n) is 8.10. The van der Waals surface area contributed by atoms with E-state index in [2.05, 4.69) is 59.7 Å². The second kappa shape index (κ2) is 9.38. The number of para-hydroxylation sites is 1. The molecule has 1 saturated heterocycles. The minimum Gasteiger partial charge on any atom is -0.342 e. The Balaban J connectivity index is 0.00000128. The number of aromatic nitrogens is 2. The molecule has 160 valence electrons. The van der Waals surface area contributed by atoms with E-state index in [0.29, 0.717) is 5.92 Å². The van der Waals surface area contributed by atoms with Crippen LogP contribution >= 0.6 is 24.8 Å². The first-order valence-electron chi connectivity index (χ1n) is 10.2. The number of fused-ring (bicyclic) bond motifs is 2. The zero-order chi connectivity index (χ0) is 19.1. The Morgan fingerprint density at radius 2 is 1.77 bits per heavy atom. The summed E-state index contributed by atoms with van der Waals surface area (Å²) in [5, 5.41) is 3.43. The van der Waals surface area contributed by atoms with Gasteiger partial charge in [0.05, 0.1) is 17.1 Å². The highest BCUT2D eigenvalue weighted by atomic mass is 35.5. The van der Waals surface area contributed by atoms with Gasteiger partial charge in [0.15, 0.2) is 0 Å². The predicted octanol–water partition coefficient (Wildman–Crippen LogP) is 4.14. The Hall–Kier alpha value is -2.08. The summed E-state index contributed by atoms with van der Waals surface area (Å²) < 4.78 is 0. The Kier molecular flexibility index (Phi) is 7.06. The lowest BCUT2D eigenvalue weighted by molar-refractivity contribution is -0.134. The van der Waals surface area contributed by atoms with E-state index in [1.807, 2.05) is 4.90 Å². The van der Waals surface area contributed by atoms with Crippen molar-refractivity contribution in [2.24, 2.45) is 0 Å². The molecule has 1 aromatic heterocycles. The number of nitrogens with zero attached hydrogens (tertiary/aromatic N) is 2. The third-order valence-corrected chi connectivity index (χ3v) is 6.31. The maximum absolute atomic E-state index is 13.0. The van der Waals surface area contributed by atoms with Gasteiger partial charge in [-0.1, -0.05) is 36.4 Å². The average molecular weight is 447 g/mol. The smallest absolute Gasteiger partial charge is 0.240 e. The zero-order valence-corrected chi connectivity index (χ0v) is 18.7. The molecule has 3 aromatic rings. The van der Waals surface area contributed by atoms with Gasteiger partial charge in [-0.2, -0.15) is 0 Å². The molecule has 0 unspecified atom stereocenters. The molecule has 2 aliphatic rings. The van der Waals surface area contributed by atoms with Gasteiger partial charge in [0, 0.05) is 25.6 Å². The fraction of sp³-hybridized carbons (Fsp3) is 0.391. The fourth-order valence-electron chi connectivity index (χ4n) is 4.61. The number of hydrogen-bond acceptors (Lipinski definition) is 3. The van der Waals surface area contributed by atoms with Crippen LogP contribution < -0.4 is 5.32 Å². The number of carbonyl (C=O) groups is 1. The van der Waals surface area contributed by atoms with E-state index >= 15 is 0 Å². The molecule has 1 amide bonds. The van der Waals surface area contributed by atoms with Crippen molar-refractivity contribution in [3.8, 4) is 0 Å². The molecule has 2 aliphatic heterocycles. The number of rotatable bonds is 2. The molecule has 3 heterocycles. The monoisotopic (exact) mass is 446 g/mol. The minimum atomic E-state index is -0.0969. The Morgan fingerprint density at radius 3 is 2.50 bits per heavy atom. The lowest BCUT2D eigenvalue weighted by Gasteiger charge is -2.35. The van der Waals surface area contributed by atoms with Crippen molar-refractivity contribution in [2.45, 2.75) is 44.7 Å². The summed E-state index contributed by atoms with van der Waals surface area (Å²) >= 11 is 0. The van der Waals surface area contributed by atoms with Gasteiger partial charge in [0.2, 0.25) is 5.91 Å². The van der Waals surface area contributed by atoms with Crippen LogP contribution in [0.15, 0.2) is 42.5 Å². The van der Waals surface area contributed by atoms with Crippen molar-refractivity contribution in [1.82, 2.24) is 20.2 Å². The van der Waals surface area contributed by atoms with E-state index in [1.165, 1.54) is 16.7 Å². The number of halogens is 2. The summed E-state index contributed by atoms with van der Waals surface area (Å²) in [6, 6.07) is 14.6. The normalized spacial score (nSPS) is 19.0. The van der Waals surface area contributed by atoms with Crippen LogP contribution in [0, 0.1) is 6.92 Å². The lowest BCUT2D eigenvalue weighted by Crippen LogP contribution is -2.51. The van der Waals surface area contributed by atoms with Gasteiger partial charge in [-0.25, -0.2) is 4.98 Å². The van der Waals surface area contributed by atoms with E-state index in [0.717, 1.165) is 55.8 Å². The molecule has 30 heavy (non-hydrogen) atoms. The SMILES string of the molecule is Cc1cccc2[nH]c(C3CCN(C(=O)[C@H]4Cc5ccccc5CN4)CC3)nc12.Cl.Cl. The second-order valence-corrected chi connectivity index (χ2v) is 8.10. The van der Waals surface area contributed by atoms with Gasteiger partial charge >= 0.3 is 0 Å². The number of benzene rings is 2. The topological polar surface area (TPSA) is 61.0 Å². The molecule has 0 aliphatic carbocycles. The first-order chi connectivity index (χ1) is 13.7. The third-order valence-electron chi connectivity index (χ3n) is 6.31. The number of likely N-dealkylation sites (tertiary alicyclic amines) is 1. The van der Waals surface area contributed by atoms with Gasteiger partial charge in [-0.05, 0) is 48.9 Å². The molecule has 0 radical (unpaired) electrons. The van der Waals surface area contributed by atoms with Gasteiger partial charge < -0.3 is 15.2 Å². The maximum atomic E-state index is 13.0. The van der Waals surface area contributed by atoms with Crippen LogP contribution in [0.4, 0.5) is 0 Å². The number of carbonyl (C=O) groups excluding carboxylic acids is 1. The first kappa shape index (κ1) is 22.6. The summed E-state index contributed by atoms with van der Waals surface area (Å²) in [4.78, 5) is 23.4. The molecule has 5 rings (SSSR count). The number of nitrogens with one attached hydrogen (secondary N) is 2. The van der Waals surface area contributed by atoms with Gasteiger partial charge in [0.25, 0.3) is 0 Å². The number of H-pyrrole nitrogens is 1. The van der Waals surface area contributed by atoms with Gasteiger partial charge in [-0.3, -0.25) is 4.79 Å². The number of aryl methyl sites for hydroxylation is 1. The Morgan fingerprint density at radius 1 is 1.03 bits per heavy atom. The van der Waals surface area contributed by atoms with Crippen molar-refractivity contribution < 1.29 is 4.79 Å². The molecule has 5 nitrogen and oxygen atoms in total. The minimum absolute atomic E-state index is 0. The van der Waals surface area contributed by atoms with E-state index in [-0.39, 0.29) is 36.8 Å². The van der Waals surface area contributed by atoms with Crippen LogP contribution in [0.2, 0.25) is 0 Å². The Bertz CT molecular complexity index is 1030. The van der Waals surface area contributed by atoms with E-state index < -0.39 is 0 Å². The quantitative estimate of drug-likeness (QED) is 0.621. The highest BCUT2D eigenvalue weighted by Gasteiger charge is 2.31. The summed E-state index contributed by atoms with van der Waals surface area (Å²) in [7, 11) is 0. The van der Waals surface area contributed by atoms with Crippen molar-refractivity contribution in [3.63, 3.8) is 0 Å². The number of amides is 1. The molecule has 2 aromatic carbocycles. The summed E-state index contributed by atoms with van der Waals surface area (Å²) in [6.07, 6.45) is 2.72. The molecular formula is C23H28Cl2N4O. The molecular weight excluding hydrogens is 419 g/mol. The van der Waals surface area contributed by atoms with E-state index in [9.17, 15) is 4.79 Å². The van der Waals surface area contributed by atoms with Crippen LogP contribution in [0.25, 0.3) is 11.0 Å². The number of aromatic amines is 1. The largest absolute Gasteiger partial charge is 0.342 e. The molecule has 1 atom stereocenters.